The summed E-state index contributed by atoms with van der Waals surface area (Å²) in [7, 11) is 3.57. The molecule has 5 atom stereocenters. The molecule has 1 N–H and O–H groups in total. The lowest BCUT2D eigenvalue weighted by molar-refractivity contribution is -0.226. The summed E-state index contributed by atoms with van der Waals surface area (Å²) in [4.78, 5) is 0. The number of hydrogen-bond donors (Lipinski definition) is 1. The van der Waals surface area contributed by atoms with Gasteiger partial charge in [0, 0.05) is 14.1 Å². The molecule has 0 amide bonds. The fourth-order valence-electron chi connectivity index (χ4n) is 3.02. The topological polar surface area (TPSA) is 72.8 Å². The van der Waals surface area contributed by atoms with Gasteiger partial charge in [-0.3, -0.25) is 0 Å². The first-order valence-electron chi connectivity index (χ1n) is 8.42. The molecule has 0 aromatic heterocycles. The van der Waals surface area contributed by atoms with Crippen molar-refractivity contribution in [3.8, 4) is 0 Å². The highest BCUT2D eigenvalue weighted by Gasteiger charge is 2.56. The van der Waals surface area contributed by atoms with Crippen molar-refractivity contribution in [1.29, 1.82) is 0 Å². The minimum absolute atomic E-state index is 0.397. The van der Waals surface area contributed by atoms with Crippen LogP contribution < -0.4 is 0 Å². The highest BCUT2D eigenvalue weighted by Crippen LogP contribution is 2.39. The van der Waals surface area contributed by atoms with Crippen LogP contribution in [0.3, 0.4) is 0 Å². The number of ether oxygens (including phenoxy) is 4. The number of rotatable bonds is 6. The van der Waals surface area contributed by atoms with Gasteiger partial charge in [0.1, 0.15) is 24.4 Å². The Morgan fingerprint density at radius 3 is 2.68 bits per heavy atom. The van der Waals surface area contributed by atoms with Crippen LogP contribution in [-0.4, -0.2) is 66.9 Å². The molecule has 2 fully saturated rings. The van der Waals surface area contributed by atoms with E-state index in [9.17, 15) is 5.11 Å². The SMILES string of the molecule is CN(C)/N=C/[C@@H](O)[C@H]1O[C@@H]2OC(C)(C)O[C@@H]2[C@H]1OCc1ccccc1. The molecule has 0 aliphatic carbocycles. The molecule has 7 nitrogen and oxygen atoms in total. The summed E-state index contributed by atoms with van der Waals surface area (Å²) in [6, 6.07) is 9.85. The predicted molar refractivity (Wildman–Crippen MR) is 91.9 cm³/mol. The van der Waals surface area contributed by atoms with E-state index in [1.165, 1.54) is 6.21 Å². The van der Waals surface area contributed by atoms with Gasteiger partial charge in [-0.25, -0.2) is 0 Å². The number of nitrogens with zero attached hydrogens (tertiary/aromatic N) is 2. The Labute approximate surface area is 148 Å². The highest BCUT2D eigenvalue weighted by atomic mass is 16.8. The first-order chi connectivity index (χ1) is 11.9. The monoisotopic (exact) mass is 350 g/mol. The van der Waals surface area contributed by atoms with E-state index in [1.807, 2.05) is 44.2 Å². The Kier molecular flexibility index (Phi) is 5.41. The molecule has 138 valence electrons. The Morgan fingerprint density at radius 1 is 1.28 bits per heavy atom. The third-order valence-corrected chi connectivity index (χ3v) is 4.10. The molecule has 25 heavy (non-hydrogen) atoms. The second-order valence-electron chi connectivity index (χ2n) is 6.93. The maximum atomic E-state index is 10.5. The highest BCUT2D eigenvalue weighted by molar-refractivity contribution is 5.63. The maximum Gasteiger partial charge on any atom is 0.190 e. The van der Waals surface area contributed by atoms with Crippen molar-refractivity contribution < 1.29 is 24.1 Å². The molecule has 0 spiro atoms. The molecule has 2 saturated heterocycles. The van der Waals surface area contributed by atoms with Crippen molar-refractivity contribution in [1.82, 2.24) is 5.01 Å². The van der Waals surface area contributed by atoms with E-state index in [1.54, 1.807) is 19.1 Å². The van der Waals surface area contributed by atoms with Crippen molar-refractivity contribution in [3.63, 3.8) is 0 Å². The summed E-state index contributed by atoms with van der Waals surface area (Å²) in [5.74, 6) is -0.739. The van der Waals surface area contributed by atoms with Crippen LogP contribution >= 0.6 is 0 Å². The van der Waals surface area contributed by atoms with Crippen molar-refractivity contribution in [2.75, 3.05) is 14.1 Å². The Hall–Kier alpha value is -1.51. The molecular weight excluding hydrogens is 324 g/mol. The zero-order valence-electron chi connectivity index (χ0n) is 15.0. The largest absolute Gasteiger partial charge is 0.385 e. The van der Waals surface area contributed by atoms with Gasteiger partial charge < -0.3 is 29.1 Å². The number of benzene rings is 1. The lowest BCUT2D eigenvalue weighted by Gasteiger charge is -2.27. The van der Waals surface area contributed by atoms with Crippen LogP contribution in [0.25, 0.3) is 0 Å². The lowest BCUT2D eigenvalue weighted by Crippen LogP contribution is -2.43. The molecule has 0 saturated carbocycles. The van der Waals surface area contributed by atoms with Crippen LogP contribution in [0.2, 0.25) is 0 Å². The molecule has 2 aliphatic heterocycles. The van der Waals surface area contributed by atoms with Crippen molar-refractivity contribution >= 4 is 6.21 Å². The number of aliphatic hydroxyl groups excluding tert-OH is 1. The number of aliphatic hydroxyl groups is 1. The zero-order valence-corrected chi connectivity index (χ0v) is 15.0. The molecule has 2 aliphatic rings. The van der Waals surface area contributed by atoms with Crippen LogP contribution in [-0.2, 0) is 25.6 Å². The molecule has 3 rings (SSSR count). The number of hydrogen-bond acceptors (Lipinski definition) is 7. The number of fused-ring (bicyclic) bond motifs is 1. The summed E-state index contributed by atoms with van der Waals surface area (Å²) < 4.78 is 23.7. The molecule has 0 unspecified atom stereocenters. The minimum atomic E-state index is -0.927. The molecule has 0 bridgehead atoms. The Balaban J connectivity index is 1.72. The molecule has 7 heteroatoms. The van der Waals surface area contributed by atoms with Crippen LogP contribution in [0.5, 0.6) is 0 Å². The normalized spacial score (nSPS) is 32.0. The second-order valence-corrected chi connectivity index (χ2v) is 6.93. The summed E-state index contributed by atoms with van der Waals surface area (Å²) >= 11 is 0. The van der Waals surface area contributed by atoms with Gasteiger partial charge in [0.15, 0.2) is 12.1 Å². The van der Waals surface area contributed by atoms with E-state index in [2.05, 4.69) is 5.10 Å². The standard InChI is InChI=1S/C18H26N2O5/c1-18(2)24-16-15(22-11-12-8-6-5-7-9-12)14(23-17(16)25-18)13(21)10-19-20(3)4/h5-10,13-17,21H,11H2,1-4H3/b19-10+/t13-,14-,15+,16-,17-/m1/s1. The maximum absolute atomic E-state index is 10.5. The van der Waals surface area contributed by atoms with E-state index in [0.29, 0.717) is 6.61 Å². The quantitative estimate of drug-likeness (QED) is 0.617. The van der Waals surface area contributed by atoms with Gasteiger partial charge in [-0.05, 0) is 19.4 Å². The first kappa shape index (κ1) is 18.3. The minimum Gasteiger partial charge on any atom is -0.385 e. The smallest absolute Gasteiger partial charge is 0.190 e. The van der Waals surface area contributed by atoms with E-state index in [0.717, 1.165) is 5.56 Å². The fourth-order valence-corrected chi connectivity index (χ4v) is 3.02. The average molecular weight is 350 g/mol. The van der Waals surface area contributed by atoms with Gasteiger partial charge >= 0.3 is 0 Å². The van der Waals surface area contributed by atoms with Gasteiger partial charge in [0.2, 0.25) is 0 Å². The van der Waals surface area contributed by atoms with Crippen LogP contribution in [0, 0.1) is 0 Å². The average Bonchev–Trinajstić information content (AvgIpc) is 3.03. The third kappa shape index (κ3) is 4.37. The third-order valence-electron chi connectivity index (χ3n) is 4.10. The second kappa shape index (κ2) is 7.39. The molecule has 2 heterocycles. The van der Waals surface area contributed by atoms with Gasteiger partial charge in [0.25, 0.3) is 0 Å². The van der Waals surface area contributed by atoms with Crippen molar-refractivity contribution in [2.45, 2.75) is 56.9 Å². The van der Waals surface area contributed by atoms with Gasteiger partial charge in [0.05, 0.1) is 12.8 Å². The van der Waals surface area contributed by atoms with Gasteiger partial charge in [-0.2, -0.15) is 5.10 Å². The van der Waals surface area contributed by atoms with E-state index in [-0.39, 0.29) is 0 Å². The Morgan fingerprint density at radius 2 is 2.00 bits per heavy atom. The van der Waals surface area contributed by atoms with Gasteiger partial charge in [-0.15, -0.1) is 0 Å². The summed E-state index contributed by atoms with van der Waals surface area (Å²) in [6.07, 6.45) is -1.53. The first-order valence-corrected chi connectivity index (χ1v) is 8.42. The summed E-state index contributed by atoms with van der Waals surface area (Å²) in [6.45, 7) is 4.07. The van der Waals surface area contributed by atoms with E-state index in [4.69, 9.17) is 18.9 Å². The molecular formula is C18H26N2O5. The molecule has 1 aromatic rings. The van der Waals surface area contributed by atoms with Crippen LogP contribution in [0.1, 0.15) is 19.4 Å². The van der Waals surface area contributed by atoms with Crippen molar-refractivity contribution in [3.05, 3.63) is 35.9 Å². The van der Waals surface area contributed by atoms with E-state index < -0.39 is 36.5 Å². The Bertz CT molecular complexity index is 592. The number of hydrazone groups is 1. The molecule has 1 aromatic carbocycles. The zero-order chi connectivity index (χ0) is 18.0. The van der Waals surface area contributed by atoms with Crippen LogP contribution in [0.15, 0.2) is 35.4 Å². The van der Waals surface area contributed by atoms with E-state index >= 15 is 0 Å². The summed E-state index contributed by atoms with van der Waals surface area (Å²) in [5.41, 5.74) is 1.04. The fraction of sp³-hybridized carbons (Fsp3) is 0.611. The molecule has 0 radical (unpaired) electrons. The van der Waals surface area contributed by atoms with Gasteiger partial charge in [-0.1, -0.05) is 30.3 Å². The lowest BCUT2D eigenvalue weighted by atomic mass is 10.1. The van der Waals surface area contributed by atoms with Crippen LogP contribution in [0.4, 0.5) is 0 Å². The van der Waals surface area contributed by atoms with Crippen molar-refractivity contribution in [2.24, 2.45) is 5.10 Å². The summed E-state index contributed by atoms with van der Waals surface area (Å²) in [5, 5.41) is 16.2. The predicted octanol–water partition coefficient (Wildman–Crippen LogP) is 1.36.